The highest BCUT2D eigenvalue weighted by molar-refractivity contribution is 6.42. The van der Waals surface area contributed by atoms with Crippen molar-refractivity contribution in [3.05, 3.63) is 0 Å². The van der Waals surface area contributed by atoms with Crippen LogP contribution in [0.25, 0.3) is 0 Å². The molecule has 0 saturated carbocycles. The fraction of sp³-hybridized carbons (Fsp3) is 0.600. The van der Waals surface area contributed by atoms with Gasteiger partial charge in [0.15, 0.2) is 10.7 Å². The molecular weight excluding hydrogens is 128 g/mol. The number of hydrogen-bond donors (Lipinski definition) is 0. The van der Waals surface area contributed by atoms with E-state index in [1.54, 1.807) is 0 Å². The van der Waals surface area contributed by atoms with E-state index >= 15 is 0 Å². The molecule has 45 valence electrons. The van der Waals surface area contributed by atoms with Crippen LogP contribution < -0.4 is 0 Å². The van der Waals surface area contributed by atoms with E-state index in [2.05, 4.69) is 0 Å². The highest BCUT2D eigenvalue weighted by Gasteiger charge is 2.26. The maximum absolute atomic E-state index is 10.3. The summed E-state index contributed by atoms with van der Waals surface area (Å²) in [6.07, 6.45) is 1.41. The van der Waals surface area contributed by atoms with Crippen molar-refractivity contribution in [1.29, 1.82) is 0 Å². The fourth-order valence-electron chi connectivity index (χ4n) is 0.0719. The molecule has 0 heterocycles. The van der Waals surface area contributed by atoms with Crippen LogP contribution in [-0.2, 0) is 9.59 Å². The van der Waals surface area contributed by atoms with E-state index in [0.717, 1.165) is 0 Å². The van der Waals surface area contributed by atoms with Gasteiger partial charge < -0.3 is 0 Å². The molecule has 0 N–H and O–H groups in total. The molecule has 0 saturated heterocycles. The second-order valence-electron chi connectivity index (χ2n) is 1.66. The molecule has 1 radical (unpaired) electrons. The SMILES string of the molecule is CC(=O)C(C)(Cl)[C]=O. The number of carbonyl (C=O) groups is 1. The summed E-state index contributed by atoms with van der Waals surface area (Å²) >= 11 is 5.28. The number of alkyl halides is 1. The molecule has 1 unspecified atom stereocenters. The predicted molar refractivity (Wildman–Crippen MR) is 30.6 cm³/mol. The summed E-state index contributed by atoms with van der Waals surface area (Å²) in [4.78, 5) is 18.7. The molecule has 8 heavy (non-hydrogen) atoms. The van der Waals surface area contributed by atoms with Gasteiger partial charge in [-0.25, -0.2) is 0 Å². The highest BCUT2D eigenvalue weighted by atomic mass is 35.5. The second kappa shape index (κ2) is 2.27. The molecule has 0 bridgehead atoms. The quantitative estimate of drug-likeness (QED) is 0.410. The Morgan fingerprint density at radius 1 is 1.75 bits per heavy atom. The fourth-order valence-corrected chi connectivity index (χ4v) is 0.0719. The Kier molecular flexibility index (Phi) is 2.16. The van der Waals surface area contributed by atoms with Crippen molar-refractivity contribution in [3.63, 3.8) is 0 Å². The summed E-state index contributed by atoms with van der Waals surface area (Å²) < 4.78 is 0. The van der Waals surface area contributed by atoms with Crippen molar-refractivity contribution in [3.8, 4) is 0 Å². The van der Waals surface area contributed by atoms with Crippen LogP contribution in [-0.4, -0.2) is 16.9 Å². The van der Waals surface area contributed by atoms with Gasteiger partial charge in [0, 0.05) is 0 Å². The van der Waals surface area contributed by atoms with Gasteiger partial charge in [-0.1, -0.05) is 0 Å². The standard InChI is InChI=1S/C5H6ClO2/c1-4(8)5(2,6)3-7/h1-2H3. The molecule has 0 aliphatic carbocycles. The lowest BCUT2D eigenvalue weighted by Gasteiger charge is -2.05. The molecule has 0 aromatic rings. The monoisotopic (exact) mass is 133 g/mol. The minimum Gasteiger partial charge on any atom is -0.298 e. The predicted octanol–water partition coefficient (Wildman–Crippen LogP) is 0.683. The van der Waals surface area contributed by atoms with Crippen LogP contribution in [0.4, 0.5) is 0 Å². The van der Waals surface area contributed by atoms with Crippen molar-refractivity contribution in [2.45, 2.75) is 18.7 Å². The zero-order valence-corrected chi connectivity index (χ0v) is 5.45. The summed E-state index contributed by atoms with van der Waals surface area (Å²) in [7, 11) is 0. The first-order valence-corrected chi connectivity index (χ1v) is 2.48. The summed E-state index contributed by atoms with van der Waals surface area (Å²) in [5.41, 5.74) is 0. The molecule has 3 heteroatoms. The van der Waals surface area contributed by atoms with E-state index in [-0.39, 0.29) is 5.78 Å². The third-order valence-corrected chi connectivity index (χ3v) is 1.20. The summed E-state index contributed by atoms with van der Waals surface area (Å²) in [6, 6.07) is 0. The third kappa shape index (κ3) is 1.62. The molecule has 0 aliphatic rings. The molecule has 0 fully saturated rings. The Hall–Kier alpha value is -0.370. The van der Waals surface area contributed by atoms with Gasteiger partial charge in [-0.3, -0.25) is 9.59 Å². The van der Waals surface area contributed by atoms with Crippen molar-refractivity contribution < 1.29 is 9.59 Å². The van der Waals surface area contributed by atoms with Crippen LogP contribution in [0.1, 0.15) is 13.8 Å². The first-order chi connectivity index (χ1) is 3.50. The van der Waals surface area contributed by atoms with Crippen molar-refractivity contribution in [2.75, 3.05) is 0 Å². The van der Waals surface area contributed by atoms with Gasteiger partial charge >= 0.3 is 0 Å². The zero-order valence-electron chi connectivity index (χ0n) is 4.69. The van der Waals surface area contributed by atoms with Crippen molar-refractivity contribution in [1.82, 2.24) is 0 Å². The van der Waals surface area contributed by atoms with Gasteiger partial charge in [0.05, 0.1) is 0 Å². The molecule has 0 rings (SSSR count). The van der Waals surface area contributed by atoms with Crippen molar-refractivity contribution in [2.24, 2.45) is 0 Å². The van der Waals surface area contributed by atoms with E-state index in [4.69, 9.17) is 11.6 Å². The summed E-state index contributed by atoms with van der Waals surface area (Å²) in [5.74, 6) is -0.380. The molecule has 0 aliphatic heterocycles. The van der Waals surface area contributed by atoms with Gasteiger partial charge in [0.2, 0.25) is 6.29 Å². The number of hydrogen-bond acceptors (Lipinski definition) is 2. The molecule has 0 aromatic carbocycles. The van der Waals surface area contributed by atoms with Gasteiger partial charge in [-0.05, 0) is 13.8 Å². The lowest BCUT2D eigenvalue weighted by Crippen LogP contribution is -2.27. The van der Waals surface area contributed by atoms with Crippen LogP contribution in [0.3, 0.4) is 0 Å². The van der Waals surface area contributed by atoms with Crippen LogP contribution >= 0.6 is 11.6 Å². The Morgan fingerprint density at radius 2 is 2.12 bits per heavy atom. The number of rotatable bonds is 2. The van der Waals surface area contributed by atoms with Gasteiger partial charge in [-0.15, -0.1) is 11.6 Å². The molecule has 0 aromatic heterocycles. The molecular formula is C5H6ClO2. The first kappa shape index (κ1) is 7.63. The molecule has 2 nitrogen and oxygen atoms in total. The Labute approximate surface area is 52.8 Å². The lowest BCUT2D eigenvalue weighted by molar-refractivity contribution is -0.117. The number of Topliss-reactive ketones (excluding diaryl/α,β-unsaturated/α-hetero) is 1. The van der Waals surface area contributed by atoms with Gasteiger partial charge in [0.25, 0.3) is 0 Å². The molecule has 0 amide bonds. The summed E-state index contributed by atoms with van der Waals surface area (Å²) in [6.45, 7) is 2.56. The Balaban J connectivity index is 4.12. The van der Waals surface area contributed by atoms with Gasteiger partial charge in [-0.2, -0.15) is 0 Å². The highest BCUT2D eigenvalue weighted by Crippen LogP contribution is 2.10. The second-order valence-corrected chi connectivity index (χ2v) is 2.42. The summed E-state index contributed by atoms with van der Waals surface area (Å²) in [5, 5.41) is 0. The minimum absolute atomic E-state index is 0.380. The van der Waals surface area contributed by atoms with Crippen molar-refractivity contribution >= 4 is 23.7 Å². The maximum Gasteiger partial charge on any atom is 0.228 e. The van der Waals surface area contributed by atoms with E-state index in [0.29, 0.717) is 0 Å². The number of carbonyl (C=O) groups excluding carboxylic acids is 2. The van der Waals surface area contributed by atoms with E-state index in [1.807, 2.05) is 0 Å². The smallest absolute Gasteiger partial charge is 0.228 e. The Bertz CT molecular complexity index is 118. The zero-order chi connectivity index (χ0) is 6.78. The average molecular weight is 134 g/mol. The average Bonchev–Trinajstić information content (AvgIpc) is 1.67. The number of ketones is 1. The maximum atomic E-state index is 10.3. The normalized spacial score (nSPS) is 16.9. The number of halogens is 1. The molecule has 0 spiro atoms. The van der Waals surface area contributed by atoms with Gasteiger partial charge in [0.1, 0.15) is 0 Å². The van der Waals surface area contributed by atoms with Crippen LogP contribution in [0.15, 0.2) is 0 Å². The Morgan fingerprint density at radius 3 is 2.12 bits per heavy atom. The van der Waals surface area contributed by atoms with Crippen LogP contribution in [0.5, 0.6) is 0 Å². The van der Waals surface area contributed by atoms with Crippen LogP contribution in [0.2, 0.25) is 0 Å². The van der Waals surface area contributed by atoms with E-state index in [9.17, 15) is 9.59 Å². The van der Waals surface area contributed by atoms with Crippen LogP contribution in [0, 0.1) is 0 Å². The molecule has 1 atom stereocenters. The van der Waals surface area contributed by atoms with E-state index in [1.165, 1.54) is 20.1 Å². The minimum atomic E-state index is -1.43. The van der Waals surface area contributed by atoms with E-state index < -0.39 is 4.87 Å². The largest absolute Gasteiger partial charge is 0.298 e. The topological polar surface area (TPSA) is 34.1 Å². The first-order valence-electron chi connectivity index (χ1n) is 2.10. The lowest BCUT2D eigenvalue weighted by atomic mass is 10.1. The third-order valence-electron chi connectivity index (χ3n) is 0.853.